The third kappa shape index (κ3) is 3.67. The molecule has 0 aliphatic heterocycles. The summed E-state index contributed by atoms with van der Waals surface area (Å²) in [6.45, 7) is 1.83. The van der Waals surface area contributed by atoms with E-state index in [4.69, 9.17) is 9.97 Å². The Hall–Kier alpha value is -3.86. The van der Waals surface area contributed by atoms with Gasteiger partial charge in [-0.05, 0) is 43.0 Å². The number of benzene rings is 1. The summed E-state index contributed by atoms with van der Waals surface area (Å²) < 4.78 is 40.3. The van der Waals surface area contributed by atoms with E-state index >= 15 is 0 Å². The van der Waals surface area contributed by atoms with Gasteiger partial charge in [0.05, 0.1) is 22.5 Å². The second kappa shape index (κ2) is 8.17. The van der Waals surface area contributed by atoms with Gasteiger partial charge in [-0.15, -0.1) is 0 Å². The van der Waals surface area contributed by atoms with Crippen molar-refractivity contribution in [2.24, 2.45) is 11.8 Å². The minimum absolute atomic E-state index is 0.0355. The fraction of sp³-hybridized carbons (Fsp3) is 0.269. The molecule has 2 aliphatic rings. The summed E-state index contributed by atoms with van der Waals surface area (Å²) in [5.74, 6) is -0.473. The first-order chi connectivity index (χ1) is 16.3. The highest BCUT2D eigenvalue weighted by Gasteiger charge is 2.42. The summed E-state index contributed by atoms with van der Waals surface area (Å²) in [7, 11) is 0. The van der Waals surface area contributed by atoms with Crippen LogP contribution in [-0.2, 0) is 17.4 Å². The van der Waals surface area contributed by atoms with Crippen LogP contribution in [0.25, 0.3) is 22.6 Å². The summed E-state index contributed by atoms with van der Waals surface area (Å²) in [6.07, 6.45) is 1.57. The Labute approximate surface area is 194 Å². The molecule has 170 valence electrons. The molecule has 2 aromatic heterocycles. The molecule has 5 nitrogen and oxygen atoms in total. The van der Waals surface area contributed by atoms with Gasteiger partial charge in [0.1, 0.15) is 6.07 Å². The molecule has 0 radical (unpaired) electrons. The number of ketones is 1. The highest BCUT2D eigenvalue weighted by molar-refractivity contribution is 6.01. The number of nitrogens with zero attached hydrogens (tertiary/aromatic N) is 4. The van der Waals surface area contributed by atoms with E-state index in [0.717, 1.165) is 17.7 Å². The van der Waals surface area contributed by atoms with Crippen molar-refractivity contribution in [1.29, 1.82) is 5.26 Å². The quantitative estimate of drug-likeness (QED) is 0.502. The molecular formula is C26H19F3N4O. The number of pyridine rings is 1. The van der Waals surface area contributed by atoms with E-state index in [1.54, 1.807) is 36.7 Å². The highest BCUT2D eigenvalue weighted by Crippen LogP contribution is 2.47. The Balaban J connectivity index is 1.76. The number of aromatic nitrogens is 3. The van der Waals surface area contributed by atoms with Crippen LogP contribution in [0.5, 0.6) is 0 Å². The maximum atomic E-state index is 13.4. The molecule has 0 saturated carbocycles. The molecule has 5 rings (SSSR count). The van der Waals surface area contributed by atoms with Crippen molar-refractivity contribution in [2.45, 2.75) is 31.9 Å². The number of hydrogen-bond donors (Lipinski definition) is 0. The van der Waals surface area contributed by atoms with Crippen molar-refractivity contribution in [2.75, 3.05) is 0 Å². The lowest BCUT2D eigenvalue weighted by Gasteiger charge is -2.38. The Morgan fingerprint density at radius 1 is 1.09 bits per heavy atom. The van der Waals surface area contributed by atoms with Crippen molar-refractivity contribution in [3.05, 3.63) is 77.3 Å². The van der Waals surface area contributed by atoms with Crippen LogP contribution >= 0.6 is 0 Å². The molecule has 0 fully saturated rings. The van der Waals surface area contributed by atoms with Gasteiger partial charge in [0, 0.05) is 40.9 Å². The number of carbonyl (C=O) groups is 1. The maximum Gasteiger partial charge on any atom is 0.416 e. The number of alkyl halides is 3. The first-order valence-corrected chi connectivity index (χ1v) is 10.9. The summed E-state index contributed by atoms with van der Waals surface area (Å²) in [6, 6.07) is 10.6. The summed E-state index contributed by atoms with van der Waals surface area (Å²) in [5, 5.41) is 9.50. The minimum atomic E-state index is -4.48. The van der Waals surface area contributed by atoms with E-state index in [9.17, 15) is 23.2 Å². The van der Waals surface area contributed by atoms with Gasteiger partial charge in [-0.3, -0.25) is 9.78 Å². The molecule has 3 atom stereocenters. The van der Waals surface area contributed by atoms with Gasteiger partial charge in [0.2, 0.25) is 0 Å². The van der Waals surface area contributed by atoms with Crippen LogP contribution in [0, 0.1) is 23.2 Å². The fourth-order valence-electron chi connectivity index (χ4n) is 4.99. The topological polar surface area (TPSA) is 79.5 Å². The molecule has 2 heterocycles. The van der Waals surface area contributed by atoms with E-state index in [0.29, 0.717) is 41.2 Å². The van der Waals surface area contributed by atoms with Gasteiger partial charge in [-0.2, -0.15) is 18.4 Å². The first kappa shape index (κ1) is 22.0. The largest absolute Gasteiger partial charge is 0.416 e. The van der Waals surface area contributed by atoms with Gasteiger partial charge in [-0.1, -0.05) is 25.1 Å². The van der Waals surface area contributed by atoms with Crippen molar-refractivity contribution >= 4 is 5.78 Å². The van der Waals surface area contributed by atoms with Gasteiger partial charge in [0.25, 0.3) is 0 Å². The van der Waals surface area contributed by atoms with E-state index in [2.05, 4.69) is 4.98 Å². The minimum Gasteiger partial charge on any atom is -0.293 e. The fourth-order valence-corrected chi connectivity index (χ4v) is 4.99. The maximum absolute atomic E-state index is 13.4. The molecule has 0 bridgehead atoms. The standard InChI is InChI=1S/C26H19F3N4O/c1-14-19-5-6-20-22(16-3-2-4-18(11-16)26(27,28)29)32-25(15-7-9-31-10-8-15)33-23(20)21(19)12-17(13-30)24(14)34/h2-4,7-12,14,19,21H,5-6H2,1H3. The van der Waals surface area contributed by atoms with Crippen LogP contribution in [0.4, 0.5) is 13.2 Å². The second-order valence-corrected chi connectivity index (χ2v) is 8.65. The molecule has 8 heteroatoms. The molecule has 0 saturated heterocycles. The lowest BCUT2D eigenvalue weighted by Crippen LogP contribution is -2.35. The molecule has 3 unspecified atom stereocenters. The SMILES string of the molecule is CC1C(=O)C(C#N)=CC2c3nc(-c4ccncc4)nc(-c4cccc(C(F)(F)F)c4)c3CCC12. The number of carbonyl (C=O) groups excluding carboxylic acids is 1. The third-order valence-corrected chi connectivity index (χ3v) is 6.73. The Morgan fingerprint density at radius 2 is 1.85 bits per heavy atom. The summed E-state index contributed by atoms with van der Waals surface area (Å²) in [4.78, 5) is 26.1. The van der Waals surface area contributed by atoms with Crippen LogP contribution in [0.2, 0.25) is 0 Å². The zero-order valence-electron chi connectivity index (χ0n) is 18.2. The normalized spacial score (nSPS) is 21.8. The van der Waals surface area contributed by atoms with Crippen LogP contribution in [0.3, 0.4) is 0 Å². The molecule has 3 aromatic rings. The number of hydrogen-bond acceptors (Lipinski definition) is 5. The average Bonchev–Trinajstić information content (AvgIpc) is 2.85. The van der Waals surface area contributed by atoms with E-state index in [1.807, 2.05) is 13.0 Å². The number of fused-ring (bicyclic) bond motifs is 3. The predicted molar refractivity (Wildman–Crippen MR) is 118 cm³/mol. The van der Waals surface area contributed by atoms with Gasteiger partial charge < -0.3 is 0 Å². The van der Waals surface area contributed by atoms with Crippen molar-refractivity contribution in [1.82, 2.24) is 15.0 Å². The van der Waals surface area contributed by atoms with Crippen molar-refractivity contribution in [3.8, 4) is 28.7 Å². The predicted octanol–water partition coefficient (Wildman–Crippen LogP) is 5.54. The molecule has 1 aromatic carbocycles. The lowest BCUT2D eigenvalue weighted by molar-refractivity contribution is -0.137. The zero-order chi connectivity index (χ0) is 24.0. The van der Waals surface area contributed by atoms with E-state index in [1.165, 1.54) is 6.07 Å². The Bertz CT molecular complexity index is 1360. The Kier molecular flexibility index (Phi) is 5.28. The van der Waals surface area contributed by atoms with Crippen LogP contribution in [0.1, 0.15) is 36.1 Å². The van der Waals surface area contributed by atoms with Crippen LogP contribution in [-0.4, -0.2) is 20.7 Å². The van der Waals surface area contributed by atoms with Gasteiger partial charge in [0.15, 0.2) is 11.6 Å². The Morgan fingerprint density at radius 3 is 2.56 bits per heavy atom. The summed E-state index contributed by atoms with van der Waals surface area (Å²) >= 11 is 0. The smallest absolute Gasteiger partial charge is 0.293 e. The number of Topliss-reactive ketones (excluding diaryl/α,β-unsaturated/α-hetero) is 1. The molecule has 0 N–H and O–H groups in total. The van der Waals surface area contributed by atoms with Crippen molar-refractivity contribution < 1.29 is 18.0 Å². The lowest BCUT2D eigenvalue weighted by atomic mass is 9.66. The monoisotopic (exact) mass is 460 g/mol. The van der Waals surface area contributed by atoms with Crippen molar-refractivity contribution in [3.63, 3.8) is 0 Å². The van der Waals surface area contributed by atoms with Crippen LogP contribution in [0.15, 0.2) is 60.4 Å². The summed E-state index contributed by atoms with van der Waals surface area (Å²) in [5.41, 5.74) is 2.25. The second-order valence-electron chi connectivity index (χ2n) is 8.65. The molecule has 0 amide bonds. The van der Waals surface area contributed by atoms with Gasteiger partial charge >= 0.3 is 6.18 Å². The van der Waals surface area contributed by atoms with E-state index in [-0.39, 0.29) is 29.1 Å². The zero-order valence-corrected chi connectivity index (χ0v) is 18.2. The molecular weight excluding hydrogens is 441 g/mol. The van der Waals surface area contributed by atoms with Crippen LogP contribution < -0.4 is 0 Å². The molecule has 34 heavy (non-hydrogen) atoms. The van der Waals surface area contributed by atoms with E-state index < -0.39 is 11.7 Å². The highest BCUT2D eigenvalue weighted by atomic mass is 19.4. The number of allylic oxidation sites excluding steroid dienone is 2. The molecule has 0 spiro atoms. The number of rotatable bonds is 2. The average molecular weight is 460 g/mol. The van der Waals surface area contributed by atoms with Gasteiger partial charge in [-0.25, -0.2) is 9.97 Å². The number of nitriles is 1. The molecule has 2 aliphatic carbocycles. The number of halogens is 3. The first-order valence-electron chi connectivity index (χ1n) is 10.9. The third-order valence-electron chi connectivity index (χ3n) is 6.73.